The minimum atomic E-state index is -0.476. The normalized spacial score (nSPS) is 19.5. The van der Waals surface area contributed by atoms with Crippen LogP contribution in [0.5, 0.6) is 0 Å². The van der Waals surface area contributed by atoms with Crippen molar-refractivity contribution in [3.05, 3.63) is 58.7 Å². The summed E-state index contributed by atoms with van der Waals surface area (Å²) in [5.74, 6) is -2.57. The van der Waals surface area contributed by atoms with Crippen LogP contribution < -0.4 is 5.32 Å². The highest BCUT2D eigenvalue weighted by Crippen LogP contribution is 2.39. The predicted molar refractivity (Wildman–Crippen MR) is 102 cm³/mol. The zero-order valence-corrected chi connectivity index (χ0v) is 16.3. The highest BCUT2D eigenvalue weighted by atomic mass is 16.2. The molecular weight excluding hydrogens is 344 g/mol. The van der Waals surface area contributed by atoms with Gasteiger partial charge >= 0.3 is 0 Å². The molecule has 2 aliphatic rings. The average Bonchev–Trinajstić information content (AvgIpc) is 3.00. The van der Waals surface area contributed by atoms with Crippen molar-refractivity contribution in [3.8, 4) is 0 Å². The molecule has 27 heavy (non-hydrogen) atoms. The van der Waals surface area contributed by atoms with Gasteiger partial charge < -0.3 is 0 Å². The molecule has 0 saturated carbocycles. The van der Waals surface area contributed by atoms with E-state index in [1.54, 1.807) is 0 Å². The van der Waals surface area contributed by atoms with Gasteiger partial charge in [-0.2, -0.15) is 0 Å². The maximum absolute atomic E-state index is 12.6. The van der Waals surface area contributed by atoms with E-state index in [0.717, 1.165) is 16.0 Å². The van der Waals surface area contributed by atoms with Gasteiger partial charge in [0.15, 0.2) is 0 Å². The minimum absolute atomic E-state index is 0.238. The quantitative estimate of drug-likeness (QED) is 0.576. The number of likely N-dealkylation sites (N-methyl/N-ethyl adjacent to an activating group) is 1. The average molecular weight is 368 g/mol. The Hall–Kier alpha value is -3.02. The van der Waals surface area contributed by atoms with E-state index < -0.39 is 29.6 Å². The van der Waals surface area contributed by atoms with Crippen LogP contribution >= 0.6 is 0 Å². The Morgan fingerprint density at radius 2 is 1.41 bits per heavy atom. The van der Waals surface area contributed by atoms with Crippen LogP contribution in [-0.2, 0) is 19.2 Å². The van der Waals surface area contributed by atoms with Gasteiger partial charge in [0.2, 0.25) is 0 Å². The molecule has 0 aromatic carbocycles. The first-order valence-corrected chi connectivity index (χ1v) is 8.66. The zero-order chi connectivity index (χ0) is 20.6. The van der Waals surface area contributed by atoms with Crippen molar-refractivity contribution in [1.29, 1.82) is 0 Å². The molecule has 6 nitrogen and oxygen atoms in total. The van der Waals surface area contributed by atoms with E-state index in [2.05, 4.69) is 18.5 Å². The van der Waals surface area contributed by atoms with Crippen LogP contribution in [0.3, 0.4) is 0 Å². The fourth-order valence-corrected chi connectivity index (χ4v) is 3.97. The fraction of sp³-hybridized carbons (Fsp3) is 0.333. The Morgan fingerprint density at radius 3 is 1.89 bits per heavy atom. The summed E-state index contributed by atoms with van der Waals surface area (Å²) in [7, 11) is 1.43. The lowest BCUT2D eigenvalue weighted by Gasteiger charge is -2.26. The van der Waals surface area contributed by atoms with E-state index in [4.69, 9.17) is 0 Å². The first-order chi connectivity index (χ1) is 12.6. The lowest BCUT2D eigenvalue weighted by Crippen LogP contribution is -2.29. The van der Waals surface area contributed by atoms with Gasteiger partial charge in [0, 0.05) is 41.2 Å². The van der Waals surface area contributed by atoms with Gasteiger partial charge in [-0.05, 0) is 13.8 Å². The van der Waals surface area contributed by atoms with Crippen LogP contribution in [0.2, 0.25) is 0 Å². The van der Waals surface area contributed by atoms with Gasteiger partial charge in [-0.25, -0.2) is 0 Å². The van der Waals surface area contributed by atoms with Gasteiger partial charge in [-0.3, -0.25) is 29.4 Å². The molecule has 2 unspecified atom stereocenters. The molecule has 142 valence electrons. The molecule has 2 heterocycles. The molecule has 1 N–H and O–H groups in total. The lowest BCUT2D eigenvalue weighted by atomic mass is 9.77. The second kappa shape index (κ2) is 7.31. The molecule has 0 fully saturated rings. The molecule has 6 heteroatoms. The molecule has 0 aromatic rings. The Bertz CT molecular complexity index is 882. The van der Waals surface area contributed by atoms with Crippen molar-refractivity contribution in [2.75, 3.05) is 7.05 Å². The Kier molecular flexibility index (Phi) is 5.49. The van der Waals surface area contributed by atoms with E-state index in [9.17, 15) is 19.2 Å². The van der Waals surface area contributed by atoms with Crippen LogP contribution in [0.1, 0.15) is 27.7 Å². The van der Waals surface area contributed by atoms with Crippen LogP contribution in [-0.4, -0.2) is 35.6 Å². The molecule has 0 aliphatic carbocycles. The Morgan fingerprint density at radius 1 is 0.889 bits per heavy atom. The van der Waals surface area contributed by atoms with Crippen molar-refractivity contribution in [2.24, 2.45) is 11.8 Å². The van der Waals surface area contributed by atoms with E-state index in [1.165, 1.54) is 19.2 Å². The largest absolute Gasteiger partial charge is 0.288 e. The van der Waals surface area contributed by atoms with Crippen LogP contribution in [0, 0.1) is 11.8 Å². The number of carbonyl (C=O) groups excluding carboxylic acids is 4. The van der Waals surface area contributed by atoms with Gasteiger partial charge in [-0.1, -0.05) is 50.3 Å². The third-order valence-electron chi connectivity index (χ3n) is 5.15. The number of carbonyl (C=O) groups is 4. The SMILES string of the molecule is C=CC1=C(C(C)C(=C(C)C)C(C)C2=C(C=C)C(=O)N(C)C2=O)C(=O)NC1=O. The number of rotatable bonds is 6. The Balaban J connectivity index is 2.62. The maximum atomic E-state index is 12.6. The number of imide groups is 2. The number of hydrogen-bond acceptors (Lipinski definition) is 4. The number of nitrogens with zero attached hydrogens (tertiary/aromatic N) is 1. The molecule has 0 aromatic heterocycles. The molecule has 0 saturated heterocycles. The van der Waals surface area contributed by atoms with Crippen LogP contribution in [0.4, 0.5) is 0 Å². The summed E-state index contributed by atoms with van der Waals surface area (Å²) in [6.45, 7) is 14.7. The minimum Gasteiger partial charge on any atom is -0.288 e. The molecule has 0 radical (unpaired) electrons. The van der Waals surface area contributed by atoms with Crippen molar-refractivity contribution < 1.29 is 19.2 Å². The maximum Gasteiger partial charge on any atom is 0.260 e. The number of allylic oxidation sites excluding steroid dienone is 2. The zero-order valence-electron chi connectivity index (χ0n) is 16.3. The third-order valence-corrected chi connectivity index (χ3v) is 5.15. The summed E-state index contributed by atoms with van der Waals surface area (Å²) >= 11 is 0. The van der Waals surface area contributed by atoms with E-state index >= 15 is 0 Å². The summed E-state index contributed by atoms with van der Waals surface area (Å²) < 4.78 is 0. The van der Waals surface area contributed by atoms with Gasteiger partial charge in [0.1, 0.15) is 0 Å². The van der Waals surface area contributed by atoms with Crippen molar-refractivity contribution in [2.45, 2.75) is 27.7 Å². The first kappa shape index (κ1) is 20.3. The topological polar surface area (TPSA) is 83.6 Å². The number of hydrogen-bond donors (Lipinski definition) is 1. The van der Waals surface area contributed by atoms with Gasteiger partial charge in [0.05, 0.1) is 0 Å². The first-order valence-electron chi connectivity index (χ1n) is 8.66. The summed E-state index contributed by atoms with van der Waals surface area (Å²) in [4.78, 5) is 50.3. The predicted octanol–water partition coefficient (Wildman–Crippen LogP) is 2.22. The van der Waals surface area contributed by atoms with Crippen LogP contribution in [0.25, 0.3) is 0 Å². The standard InChI is InChI=1S/C21H24N2O4/c1-8-13-16(19(25)22-18(13)24)11(5)15(10(3)4)12(6)17-14(9-2)20(26)23(7)21(17)27/h8-9,11-12H,1-2H2,3-7H3,(H,22,24,25). The molecule has 2 aliphatic heterocycles. The van der Waals surface area contributed by atoms with E-state index in [-0.39, 0.29) is 17.1 Å². The second-order valence-corrected chi connectivity index (χ2v) is 6.91. The summed E-state index contributed by atoms with van der Waals surface area (Å²) in [5, 5.41) is 2.29. The summed E-state index contributed by atoms with van der Waals surface area (Å²) in [6.07, 6.45) is 2.76. The van der Waals surface area contributed by atoms with Gasteiger partial charge in [0.25, 0.3) is 23.6 Å². The van der Waals surface area contributed by atoms with Crippen LogP contribution in [0.15, 0.2) is 58.7 Å². The van der Waals surface area contributed by atoms with E-state index in [0.29, 0.717) is 11.1 Å². The molecule has 0 spiro atoms. The highest BCUT2D eigenvalue weighted by molar-refractivity contribution is 6.22. The third kappa shape index (κ3) is 3.12. The fourth-order valence-electron chi connectivity index (χ4n) is 3.97. The summed E-state index contributed by atoms with van der Waals surface area (Å²) in [6, 6.07) is 0. The number of amides is 4. The lowest BCUT2D eigenvalue weighted by molar-refractivity contribution is -0.136. The number of nitrogens with one attached hydrogen (secondary N) is 1. The monoisotopic (exact) mass is 368 g/mol. The highest BCUT2D eigenvalue weighted by Gasteiger charge is 2.41. The molecule has 4 amide bonds. The van der Waals surface area contributed by atoms with Crippen molar-refractivity contribution in [3.63, 3.8) is 0 Å². The molecule has 2 atom stereocenters. The van der Waals surface area contributed by atoms with Gasteiger partial charge in [-0.15, -0.1) is 0 Å². The van der Waals surface area contributed by atoms with Crippen molar-refractivity contribution in [1.82, 2.24) is 10.2 Å². The second-order valence-electron chi connectivity index (χ2n) is 6.91. The molecule has 2 rings (SSSR count). The van der Waals surface area contributed by atoms with Crippen molar-refractivity contribution >= 4 is 23.6 Å². The molecular formula is C21H24N2O4. The van der Waals surface area contributed by atoms with E-state index in [1.807, 2.05) is 27.7 Å². The molecule has 0 bridgehead atoms. The smallest absolute Gasteiger partial charge is 0.260 e. The Labute approximate surface area is 159 Å². The summed E-state index contributed by atoms with van der Waals surface area (Å²) in [5.41, 5.74) is 2.90.